The van der Waals surface area contributed by atoms with Gasteiger partial charge in [-0.25, -0.2) is 0 Å². The van der Waals surface area contributed by atoms with E-state index in [1.54, 1.807) is 18.0 Å². The van der Waals surface area contributed by atoms with Crippen molar-refractivity contribution in [2.45, 2.75) is 32.2 Å². The topological polar surface area (TPSA) is 69.2 Å². The molecule has 0 aliphatic carbocycles. The molecule has 0 bridgehead atoms. The van der Waals surface area contributed by atoms with E-state index in [4.69, 9.17) is 0 Å². The van der Waals surface area contributed by atoms with E-state index in [2.05, 4.69) is 10.2 Å². The van der Waals surface area contributed by atoms with Crippen LogP contribution in [0.15, 0.2) is 36.4 Å². The van der Waals surface area contributed by atoms with Crippen LogP contribution in [0.5, 0.6) is 0 Å². The minimum atomic E-state index is -0.169. The van der Waals surface area contributed by atoms with Gasteiger partial charge in [-0.1, -0.05) is 44.2 Å². The second-order valence-corrected chi connectivity index (χ2v) is 5.72. The zero-order valence-electron chi connectivity index (χ0n) is 13.3. The molecule has 1 aromatic carbocycles. The fourth-order valence-electron chi connectivity index (χ4n) is 2.45. The number of hydrogen-bond acceptors (Lipinski definition) is 3. The van der Waals surface area contributed by atoms with Crippen LogP contribution in [0.25, 0.3) is 0 Å². The summed E-state index contributed by atoms with van der Waals surface area (Å²) in [6.45, 7) is 4.11. The highest BCUT2D eigenvalue weighted by Gasteiger charge is 2.24. The molecular formula is C17H23N3O2. The molecule has 5 nitrogen and oxygen atoms in total. The number of aromatic nitrogens is 2. The summed E-state index contributed by atoms with van der Waals surface area (Å²) in [6.07, 6.45) is 0.494. The third kappa shape index (κ3) is 3.54. The maximum Gasteiger partial charge on any atom is 0.274 e. The average molecular weight is 301 g/mol. The summed E-state index contributed by atoms with van der Waals surface area (Å²) in [5, 5.41) is 16.3. The van der Waals surface area contributed by atoms with Crippen LogP contribution in [0.1, 0.15) is 54.0 Å². The Morgan fingerprint density at radius 2 is 2.00 bits per heavy atom. The monoisotopic (exact) mass is 301 g/mol. The summed E-state index contributed by atoms with van der Waals surface area (Å²) in [5.74, 6) is 0.146. The summed E-state index contributed by atoms with van der Waals surface area (Å²) in [7, 11) is 1.75. The molecule has 1 aromatic heterocycles. The van der Waals surface area contributed by atoms with Gasteiger partial charge in [0.15, 0.2) is 0 Å². The Labute approximate surface area is 131 Å². The van der Waals surface area contributed by atoms with E-state index < -0.39 is 0 Å². The first kappa shape index (κ1) is 16.2. The van der Waals surface area contributed by atoms with Crippen molar-refractivity contribution in [3.05, 3.63) is 53.3 Å². The molecule has 2 N–H and O–H groups in total. The van der Waals surface area contributed by atoms with Crippen molar-refractivity contribution in [2.24, 2.45) is 0 Å². The maximum absolute atomic E-state index is 12.6. The molecule has 1 heterocycles. The first-order chi connectivity index (χ1) is 10.5. The summed E-state index contributed by atoms with van der Waals surface area (Å²) in [5.41, 5.74) is 2.35. The van der Waals surface area contributed by atoms with Gasteiger partial charge in [0.1, 0.15) is 5.69 Å². The smallest absolute Gasteiger partial charge is 0.274 e. The van der Waals surface area contributed by atoms with E-state index >= 15 is 0 Å². The predicted octanol–water partition coefficient (Wildman–Crippen LogP) is 2.73. The number of aliphatic hydroxyl groups excluding tert-OH is 1. The van der Waals surface area contributed by atoms with Gasteiger partial charge in [0, 0.05) is 19.3 Å². The first-order valence-corrected chi connectivity index (χ1v) is 7.52. The van der Waals surface area contributed by atoms with E-state index in [-0.39, 0.29) is 18.6 Å². The van der Waals surface area contributed by atoms with Gasteiger partial charge in [0.25, 0.3) is 5.91 Å². The molecule has 0 aliphatic heterocycles. The molecule has 5 heteroatoms. The quantitative estimate of drug-likeness (QED) is 0.862. The predicted molar refractivity (Wildman–Crippen MR) is 85.7 cm³/mol. The van der Waals surface area contributed by atoms with Gasteiger partial charge in [0.05, 0.1) is 6.04 Å². The lowest BCUT2D eigenvalue weighted by atomic mass is 10.0. The number of nitrogens with one attached hydrogen (secondary N) is 1. The summed E-state index contributed by atoms with van der Waals surface area (Å²) in [4.78, 5) is 14.3. The Balaban J connectivity index is 2.22. The second kappa shape index (κ2) is 7.22. The van der Waals surface area contributed by atoms with Gasteiger partial charge in [0.2, 0.25) is 0 Å². The summed E-state index contributed by atoms with van der Waals surface area (Å²) >= 11 is 0. The number of aliphatic hydroxyl groups is 1. The number of aromatic amines is 1. The minimum absolute atomic E-state index is 0.0228. The first-order valence-electron chi connectivity index (χ1n) is 7.52. The Kier molecular flexibility index (Phi) is 5.33. The highest BCUT2D eigenvalue weighted by molar-refractivity contribution is 5.92. The van der Waals surface area contributed by atoms with Crippen molar-refractivity contribution < 1.29 is 9.90 Å². The summed E-state index contributed by atoms with van der Waals surface area (Å²) < 4.78 is 0. The molecule has 0 saturated carbocycles. The average Bonchev–Trinajstić information content (AvgIpc) is 3.02. The van der Waals surface area contributed by atoms with Gasteiger partial charge in [-0.05, 0) is 24.0 Å². The van der Waals surface area contributed by atoms with E-state index in [1.807, 2.05) is 44.2 Å². The Morgan fingerprint density at radius 3 is 2.55 bits per heavy atom. The van der Waals surface area contributed by atoms with Crippen LogP contribution in [0.3, 0.4) is 0 Å². The van der Waals surface area contributed by atoms with Crippen molar-refractivity contribution in [2.75, 3.05) is 13.7 Å². The lowest BCUT2D eigenvalue weighted by Crippen LogP contribution is -2.32. The standard InChI is InChI=1S/C17H23N3O2/c1-12(2)14-11-15(19-18-14)17(22)20(3)16(9-10-21)13-7-5-4-6-8-13/h4-8,11-12,16,21H,9-10H2,1-3H3,(H,18,19). The molecule has 0 saturated heterocycles. The molecule has 118 valence electrons. The van der Waals surface area contributed by atoms with Crippen LogP contribution in [0.4, 0.5) is 0 Å². The third-order valence-electron chi connectivity index (χ3n) is 3.81. The molecular weight excluding hydrogens is 278 g/mol. The molecule has 0 aliphatic rings. The van der Waals surface area contributed by atoms with E-state index in [9.17, 15) is 9.90 Å². The lowest BCUT2D eigenvalue weighted by molar-refractivity contribution is 0.0699. The number of nitrogens with zero attached hydrogens (tertiary/aromatic N) is 2. The SMILES string of the molecule is CC(C)c1cc(C(=O)N(C)C(CCO)c2ccccc2)n[nH]1. The molecule has 1 amide bonds. The minimum Gasteiger partial charge on any atom is -0.396 e. The Morgan fingerprint density at radius 1 is 1.32 bits per heavy atom. The molecule has 2 rings (SSSR count). The zero-order chi connectivity index (χ0) is 16.1. The number of hydrogen-bond donors (Lipinski definition) is 2. The number of H-pyrrole nitrogens is 1. The molecule has 22 heavy (non-hydrogen) atoms. The van der Waals surface area contributed by atoms with Crippen LogP contribution in [-0.2, 0) is 0 Å². The van der Waals surface area contributed by atoms with Gasteiger partial charge < -0.3 is 10.0 Å². The molecule has 0 spiro atoms. The number of amides is 1. The Bertz CT molecular complexity index is 607. The molecule has 1 unspecified atom stereocenters. The van der Waals surface area contributed by atoms with Crippen molar-refractivity contribution >= 4 is 5.91 Å². The number of carbonyl (C=O) groups excluding carboxylic acids is 1. The van der Waals surface area contributed by atoms with Gasteiger partial charge in [-0.15, -0.1) is 0 Å². The van der Waals surface area contributed by atoms with Crippen molar-refractivity contribution in [3.8, 4) is 0 Å². The van der Waals surface area contributed by atoms with Gasteiger partial charge >= 0.3 is 0 Å². The lowest BCUT2D eigenvalue weighted by Gasteiger charge is -2.27. The molecule has 0 fully saturated rings. The molecule has 0 radical (unpaired) electrons. The third-order valence-corrected chi connectivity index (χ3v) is 3.81. The van der Waals surface area contributed by atoms with E-state index in [0.717, 1.165) is 11.3 Å². The number of rotatable bonds is 6. The normalized spacial score (nSPS) is 12.4. The van der Waals surface area contributed by atoms with Crippen LogP contribution < -0.4 is 0 Å². The van der Waals surface area contributed by atoms with Gasteiger partial charge in [-0.2, -0.15) is 5.10 Å². The van der Waals surface area contributed by atoms with E-state index in [0.29, 0.717) is 18.0 Å². The van der Waals surface area contributed by atoms with Crippen LogP contribution >= 0.6 is 0 Å². The van der Waals surface area contributed by atoms with Crippen LogP contribution in [0.2, 0.25) is 0 Å². The summed E-state index contributed by atoms with van der Waals surface area (Å²) in [6, 6.07) is 11.4. The fourth-order valence-corrected chi connectivity index (χ4v) is 2.45. The fraction of sp³-hybridized carbons (Fsp3) is 0.412. The van der Waals surface area contributed by atoms with Crippen molar-refractivity contribution in [3.63, 3.8) is 0 Å². The maximum atomic E-state index is 12.6. The highest BCUT2D eigenvalue weighted by atomic mass is 16.3. The van der Waals surface area contributed by atoms with Gasteiger partial charge in [-0.3, -0.25) is 9.89 Å². The second-order valence-electron chi connectivity index (χ2n) is 5.72. The van der Waals surface area contributed by atoms with Crippen molar-refractivity contribution in [1.29, 1.82) is 0 Å². The molecule has 1 atom stereocenters. The Hall–Kier alpha value is -2.14. The van der Waals surface area contributed by atoms with Crippen LogP contribution in [0, 0.1) is 0 Å². The van der Waals surface area contributed by atoms with Crippen LogP contribution in [-0.4, -0.2) is 39.8 Å². The van der Waals surface area contributed by atoms with Crippen molar-refractivity contribution in [1.82, 2.24) is 15.1 Å². The number of benzene rings is 1. The van der Waals surface area contributed by atoms with E-state index in [1.165, 1.54) is 0 Å². The molecule has 2 aromatic rings. The highest BCUT2D eigenvalue weighted by Crippen LogP contribution is 2.24. The largest absolute Gasteiger partial charge is 0.396 e. The number of carbonyl (C=O) groups is 1. The zero-order valence-corrected chi connectivity index (χ0v) is 13.3.